The molecule has 2 N–H and O–H groups in total. The fourth-order valence-electron chi connectivity index (χ4n) is 8.87. The van der Waals surface area contributed by atoms with Gasteiger partial charge in [-0.25, -0.2) is 0 Å². The molecule has 1 aromatic heterocycles. The van der Waals surface area contributed by atoms with Crippen LogP contribution in [0.1, 0.15) is 228 Å². The summed E-state index contributed by atoms with van der Waals surface area (Å²) in [6, 6.07) is 6.78. The Morgan fingerprint density at radius 1 is 0.701 bits per heavy atom. The van der Waals surface area contributed by atoms with E-state index in [4.69, 9.17) is 33.7 Å². The number of hydrogen-bond donors (Lipinski definition) is 1. The zero-order valence-electron chi connectivity index (χ0n) is 47.5. The number of nitrogens with zero attached hydrogens (tertiary/aromatic N) is 3. The first-order valence-corrected chi connectivity index (χ1v) is 30.8. The number of aromatic nitrogens is 2. The van der Waals surface area contributed by atoms with Gasteiger partial charge in [0.2, 0.25) is 5.91 Å². The van der Waals surface area contributed by atoms with Crippen LogP contribution in [-0.4, -0.2) is 79.8 Å². The molecular formula is C60H96N4O12P-. The summed E-state index contributed by atoms with van der Waals surface area (Å²) in [5.41, 5.74) is 7.78. The third-order valence-electron chi connectivity index (χ3n) is 13.6. The van der Waals surface area contributed by atoms with Crippen LogP contribution >= 0.6 is 7.82 Å². The van der Waals surface area contributed by atoms with Crippen molar-refractivity contribution in [2.24, 2.45) is 5.92 Å². The van der Waals surface area contributed by atoms with Gasteiger partial charge in [0.15, 0.2) is 11.9 Å². The topological polar surface area (TPSA) is 219 Å². The molecule has 0 aliphatic carbocycles. The fraction of sp³-hybridized carbons (Fsp3) is 0.700. The number of esters is 2. The highest BCUT2D eigenvalue weighted by molar-refractivity contribution is 7.45. The van der Waals surface area contributed by atoms with Gasteiger partial charge in [-0.2, -0.15) is 9.97 Å². The zero-order valence-corrected chi connectivity index (χ0v) is 48.4. The number of hydrogen-bond acceptors (Lipinski definition) is 15. The number of methoxy groups -OCH3 is 1. The second-order valence-corrected chi connectivity index (χ2v) is 21.9. The van der Waals surface area contributed by atoms with E-state index in [0.29, 0.717) is 36.4 Å². The predicted octanol–water partition coefficient (Wildman–Crippen LogP) is 13.4. The molecule has 0 radical (unpaired) electrons. The molecule has 2 unspecified atom stereocenters. The number of carbonyl (C=O) groups excluding carboxylic acids is 4. The maximum atomic E-state index is 13.2. The molecular weight excluding hydrogens is 1000 g/mol. The molecule has 434 valence electrons. The van der Waals surface area contributed by atoms with Crippen molar-refractivity contribution in [2.75, 3.05) is 50.8 Å². The second kappa shape index (κ2) is 41.6. The number of ketones is 1. The van der Waals surface area contributed by atoms with Gasteiger partial charge >= 0.3 is 17.9 Å². The van der Waals surface area contributed by atoms with Gasteiger partial charge in [-0.3, -0.25) is 28.6 Å². The lowest BCUT2D eigenvalue weighted by Crippen LogP contribution is -2.32. The highest BCUT2D eigenvalue weighted by Gasteiger charge is 2.32. The number of unbranched alkanes of at least 4 members (excludes halogenated alkanes) is 21. The number of rotatable bonds is 48. The van der Waals surface area contributed by atoms with Crippen molar-refractivity contribution in [2.45, 2.75) is 226 Å². The van der Waals surface area contributed by atoms with E-state index in [1.165, 1.54) is 81.9 Å². The Morgan fingerprint density at radius 2 is 1.26 bits per heavy atom. The van der Waals surface area contributed by atoms with Crippen LogP contribution in [0.4, 0.5) is 11.6 Å². The summed E-state index contributed by atoms with van der Waals surface area (Å²) in [6.45, 7) is 5.68. The standard InChI is InChI=1S/C60H97N4O12P/c1-5-7-9-11-13-15-17-19-21-23-25-27-29-31-33-37-56(67)73-47-52(76-59(68)49(3)35-32-30-28-26-24-22-20-18-16-14-12-10-8-6-2)48-75-77(69,70)74-42-34-36-54(65)51-40-38-50(39-41-51)46-64-55(66)45-53-57(61)62-60(63-58(53)64)72-44-43-71-4/h19-22,38-41,49,52H,5-18,23-37,42-48H2,1-4H3,(H,69,70)(H2,61,62,63)/p-1/b21-19+,22-20-/t49?,52-/m1/s1. The Bertz CT molecular complexity index is 2070. The average Bonchev–Trinajstić information content (AvgIpc) is 3.76. The number of phosphoric acid groups is 1. The van der Waals surface area contributed by atoms with Crippen LogP contribution in [0.5, 0.6) is 6.01 Å². The Balaban J connectivity index is 1.42. The van der Waals surface area contributed by atoms with Crippen LogP contribution < -0.4 is 20.3 Å². The SMILES string of the molecule is CCCCCCCC/C=C\CCCCCCC(C)C(=O)O[C@H](COC(=O)CCCCCCC/C=C/CCCCCCCC)COP(=O)([O-])OCCCC(=O)c1ccc(CN2C(=O)Cc3c(N)nc(OCCOC)nc32)cc1. The number of nitrogen functional groups attached to an aromatic ring is 1. The normalized spacial score (nSPS) is 14.0. The van der Waals surface area contributed by atoms with E-state index in [9.17, 15) is 28.6 Å². The first kappa shape index (κ1) is 66.8. The van der Waals surface area contributed by atoms with Crippen molar-refractivity contribution < 1.29 is 56.6 Å². The Hall–Kier alpha value is -4.47. The number of phosphoric ester groups is 1. The maximum absolute atomic E-state index is 13.2. The third kappa shape index (κ3) is 30.5. The van der Waals surface area contributed by atoms with Crippen molar-refractivity contribution in [3.63, 3.8) is 0 Å². The molecule has 77 heavy (non-hydrogen) atoms. The van der Waals surface area contributed by atoms with Crippen LogP contribution in [0.3, 0.4) is 0 Å². The molecule has 0 spiro atoms. The quantitative estimate of drug-likeness (QED) is 0.0214. The molecule has 3 rings (SSSR count). The summed E-state index contributed by atoms with van der Waals surface area (Å²) in [5.74, 6) is -1.34. The van der Waals surface area contributed by atoms with E-state index < -0.39 is 38.4 Å². The van der Waals surface area contributed by atoms with Crippen molar-refractivity contribution in [3.05, 3.63) is 65.3 Å². The molecule has 17 heteroatoms. The molecule has 0 fully saturated rings. The maximum Gasteiger partial charge on any atom is 0.320 e. The molecule has 3 atom stereocenters. The summed E-state index contributed by atoms with van der Waals surface area (Å²) in [6.07, 6.45) is 37.7. The van der Waals surface area contributed by atoms with Gasteiger partial charge in [0.05, 0.1) is 38.7 Å². The molecule has 0 saturated heterocycles. The number of amides is 1. The molecule has 1 aliphatic rings. The summed E-state index contributed by atoms with van der Waals surface area (Å²) in [5, 5.41) is 0. The monoisotopic (exact) mass is 1100 g/mol. The average molecular weight is 1100 g/mol. The summed E-state index contributed by atoms with van der Waals surface area (Å²) in [7, 11) is -3.37. The number of fused-ring (bicyclic) bond motifs is 1. The van der Waals surface area contributed by atoms with Crippen molar-refractivity contribution in [3.8, 4) is 6.01 Å². The van der Waals surface area contributed by atoms with Gasteiger partial charge in [-0.1, -0.05) is 172 Å². The Labute approximate surface area is 462 Å². The summed E-state index contributed by atoms with van der Waals surface area (Å²) in [4.78, 5) is 75.0. The summed E-state index contributed by atoms with van der Waals surface area (Å²) >= 11 is 0. The van der Waals surface area contributed by atoms with E-state index in [-0.39, 0.29) is 75.6 Å². The van der Waals surface area contributed by atoms with Crippen LogP contribution in [-0.2, 0) is 55.2 Å². The predicted molar refractivity (Wildman–Crippen MR) is 303 cm³/mol. The number of ether oxygens (including phenoxy) is 4. The molecule has 2 aromatic rings. The van der Waals surface area contributed by atoms with Gasteiger partial charge < -0.3 is 38.6 Å². The smallest absolute Gasteiger partial charge is 0.320 e. The number of carbonyl (C=O) groups is 4. The molecule has 1 amide bonds. The molecule has 0 saturated carbocycles. The zero-order chi connectivity index (χ0) is 55.8. The minimum atomic E-state index is -4.91. The summed E-state index contributed by atoms with van der Waals surface area (Å²) < 4.78 is 44.9. The van der Waals surface area contributed by atoms with E-state index in [0.717, 1.165) is 82.6 Å². The highest BCUT2D eigenvalue weighted by Crippen LogP contribution is 2.39. The van der Waals surface area contributed by atoms with Gasteiger partial charge in [0.1, 0.15) is 24.8 Å². The Morgan fingerprint density at radius 3 is 1.84 bits per heavy atom. The van der Waals surface area contributed by atoms with E-state index in [2.05, 4.69) is 48.1 Å². The molecule has 2 heterocycles. The first-order chi connectivity index (χ1) is 37.4. The van der Waals surface area contributed by atoms with Crippen molar-refractivity contribution >= 4 is 43.1 Å². The molecule has 16 nitrogen and oxygen atoms in total. The lowest BCUT2D eigenvalue weighted by Gasteiger charge is -2.26. The first-order valence-electron chi connectivity index (χ1n) is 29.3. The number of anilines is 2. The minimum absolute atomic E-state index is 0.0134. The van der Waals surface area contributed by atoms with E-state index in [1.807, 2.05) is 0 Å². The van der Waals surface area contributed by atoms with Crippen LogP contribution in [0, 0.1) is 5.92 Å². The third-order valence-corrected chi connectivity index (χ3v) is 14.6. The second-order valence-electron chi connectivity index (χ2n) is 20.5. The van der Waals surface area contributed by atoms with Crippen LogP contribution in [0.2, 0.25) is 0 Å². The lowest BCUT2D eigenvalue weighted by molar-refractivity contribution is -0.228. The van der Waals surface area contributed by atoms with E-state index in [1.54, 1.807) is 38.3 Å². The highest BCUT2D eigenvalue weighted by atomic mass is 31.2. The molecule has 1 aliphatic heterocycles. The molecule has 1 aromatic carbocycles. The Kier molecular flexibility index (Phi) is 36.1. The van der Waals surface area contributed by atoms with Gasteiger partial charge in [-0.15, -0.1) is 0 Å². The number of nitrogens with two attached hydrogens (primary N) is 1. The minimum Gasteiger partial charge on any atom is -0.756 e. The van der Waals surface area contributed by atoms with Gasteiger partial charge in [0.25, 0.3) is 7.82 Å². The van der Waals surface area contributed by atoms with Gasteiger partial charge in [-0.05, 0) is 76.2 Å². The van der Waals surface area contributed by atoms with E-state index >= 15 is 0 Å². The molecule has 0 bridgehead atoms. The fourth-order valence-corrected chi connectivity index (χ4v) is 9.65. The van der Waals surface area contributed by atoms with Crippen molar-refractivity contribution in [1.82, 2.24) is 9.97 Å². The van der Waals surface area contributed by atoms with Crippen LogP contribution in [0.25, 0.3) is 0 Å². The van der Waals surface area contributed by atoms with Gasteiger partial charge in [0, 0.05) is 31.1 Å². The lowest BCUT2D eigenvalue weighted by atomic mass is 10.0. The van der Waals surface area contributed by atoms with Crippen LogP contribution in [0.15, 0.2) is 48.6 Å². The number of allylic oxidation sites excluding steroid dienone is 4. The largest absolute Gasteiger partial charge is 0.756 e. The number of benzene rings is 1. The van der Waals surface area contributed by atoms with Crippen molar-refractivity contribution in [1.29, 1.82) is 0 Å². The number of Topliss-reactive ketones (excluding diaryl/α,β-unsaturated/α-hetero) is 1.